The molecule has 0 N–H and O–H groups in total. The van der Waals surface area contributed by atoms with Crippen LogP contribution in [0.1, 0.15) is 30.8 Å². The highest BCUT2D eigenvalue weighted by atomic mass is 16.5. The fourth-order valence-corrected chi connectivity index (χ4v) is 2.85. The van der Waals surface area contributed by atoms with Crippen LogP contribution in [0.2, 0.25) is 0 Å². The van der Waals surface area contributed by atoms with Crippen LogP contribution in [0.25, 0.3) is 5.65 Å². The minimum atomic E-state index is -0.0235. The summed E-state index contributed by atoms with van der Waals surface area (Å²) in [4.78, 5) is 21.3. The van der Waals surface area contributed by atoms with Crippen molar-refractivity contribution in [3.63, 3.8) is 0 Å². The molecule has 124 valence electrons. The van der Waals surface area contributed by atoms with Crippen molar-refractivity contribution in [3.8, 4) is 5.88 Å². The zero-order valence-corrected chi connectivity index (χ0v) is 13.7. The van der Waals surface area contributed by atoms with Gasteiger partial charge < -0.3 is 9.64 Å². The number of piperazine rings is 1. The molecule has 0 aliphatic carbocycles. The largest absolute Gasteiger partial charge is 0.477 e. The van der Waals surface area contributed by atoms with Crippen LogP contribution < -0.4 is 4.74 Å². The molecular formula is C16H23N5O2. The predicted octanol–water partition coefficient (Wildman–Crippen LogP) is 1.30. The number of aromatic nitrogens is 3. The number of ether oxygens (including phenoxy) is 1. The normalized spacial score (nSPS) is 16.0. The fourth-order valence-electron chi connectivity index (χ4n) is 2.85. The molecule has 1 fully saturated rings. The lowest BCUT2D eigenvalue weighted by atomic mass is 10.2. The molecule has 0 aromatic carbocycles. The van der Waals surface area contributed by atoms with E-state index in [1.54, 1.807) is 16.8 Å². The number of carbonyl (C=O) groups is 1. The van der Waals surface area contributed by atoms with Gasteiger partial charge in [0.25, 0.3) is 5.91 Å². The molecule has 1 aliphatic rings. The smallest absolute Gasteiger partial charge is 0.274 e. The number of amides is 1. The number of imidazole rings is 1. The van der Waals surface area contributed by atoms with Gasteiger partial charge in [-0.05, 0) is 26.0 Å². The Kier molecular flexibility index (Phi) is 4.76. The van der Waals surface area contributed by atoms with Gasteiger partial charge in [-0.25, -0.2) is 9.50 Å². The minimum Gasteiger partial charge on any atom is -0.477 e. The van der Waals surface area contributed by atoms with E-state index >= 15 is 0 Å². The van der Waals surface area contributed by atoms with E-state index in [2.05, 4.69) is 21.9 Å². The minimum absolute atomic E-state index is 0.0235. The lowest BCUT2D eigenvalue weighted by Crippen LogP contribution is -2.48. The molecule has 3 rings (SSSR count). The molecule has 2 aromatic rings. The van der Waals surface area contributed by atoms with Gasteiger partial charge in [-0.3, -0.25) is 9.69 Å². The van der Waals surface area contributed by atoms with Crippen molar-refractivity contribution >= 4 is 11.6 Å². The molecule has 2 aromatic heterocycles. The van der Waals surface area contributed by atoms with Crippen molar-refractivity contribution in [1.82, 2.24) is 24.4 Å². The molecule has 0 radical (unpaired) electrons. The van der Waals surface area contributed by atoms with Crippen LogP contribution in [0.15, 0.2) is 18.3 Å². The Balaban J connectivity index is 1.71. The van der Waals surface area contributed by atoms with Crippen LogP contribution in [0, 0.1) is 0 Å². The summed E-state index contributed by atoms with van der Waals surface area (Å²) < 4.78 is 6.98. The monoisotopic (exact) mass is 317 g/mol. The highest BCUT2D eigenvalue weighted by Gasteiger charge is 2.23. The first kappa shape index (κ1) is 15.7. The standard InChI is InChI=1S/C16H23N5O2/c1-3-7-19-8-10-20(11-9-19)16(22)13-12-21-14(17-13)5-6-15(18-21)23-4-2/h5-6,12H,3-4,7-11H2,1-2H3. The third kappa shape index (κ3) is 3.44. The van der Waals surface area contributed by atoms with Crippen molar-refractivity contribution in [2.24, 2.45) is 0 Å². The van der Waals surface area contributed by atoms with E-state index in [1.165, 1.54) is 0 Å². The van der Waals surface area contributed by atoms with Gasteiger partial charge in [-0.2, -0.15) is 0 Å². The van der Waals surface area contributed by atoms with Crippen LogP contribution in [-0.2, 0) is 0 Å². The highest BCUT2D eigenvalue weighted by Crippen LogP contribution is 2.12. The van der Waals surface area contributed by atoms with Gasteiger partial charge in [0.15, 0.2) is 5.65 Å². The maximum absolute atomic E-state index is 12.6. The number of rotatable bonds is 5. The molecule has 7 nitrogen and oxygen atoms in total. The van der Waals surface area contributed by atoms with Crippen molar-refractivity contribution < 1.29 is 9.53 Å². The van der Waals surface area contributed by atoms with Gasteiger partial charge in [-0.15, -0.1) is 5.10 Å². The molecule has 23 heavy (non-hydrogen) atoms. The van der Waals surface area contributed by atoms with Gasteiger partial charge >= 0.3 is 0 Å². The topological polar surface area (TPSA) is 63.0 Å². The summed E-state index contributed by atoms with van der Waals surface area (Å²) in [5.74, 6) is 0.509. The van der Waals surface area contributed by atoms with E-state index in [4.69, 9.17) is 4.74 Å². The van der Waals surface area contributed by atoms with Gasteiger partial charge in [-0.1, -0.05) is 6.92 Å². The number of carbonyl (C=O) groups excluding carboxylic acids is 1. The summed E-state index contributed by atoms with van der Waals surface area (Å²) in [6.45, 7) is 9.11. The molecule has 0 spiro atoms. The molecule has 0 atom stereocenters. The summed E-state index contributed by atoms with van der Waals surface area (Å²) in [6, 6.07) is 3.58. The molecule has 0 bridgehead atoms. The molecule has 1 aliphatic heterocycles. The lowest BCUT2D eigenvalue weighted by molar-refractivity contribution is 0.0632. The Bertz CT molecular complexity index is 676. The van der Waals surface area contributed by atoms with Gasteiger partial charge in [0.1, 0.15) is 5.69 Å². The van der Waals surface area contributed by atoms with E-state index in [-0.39, 0.29) is 5.91 Å². The van der Waals surface area contributed by atoms with Gasteiger partial charge in [0.2, 0.25) is 5.88 Å². The zero-order chi connectivity index (χ0) is 16.2. The first-order valence-corrected chi connectivity index (χ1v) is 8.22. The lowest BCUT2D eigenvalue weighted by Gasteiger charge is -2.34. The van der Waals surface area contributed by atoms with Crippen molar-refractivity contribution in [2.45, 2.75) is 20.3 Å². The molecule has 3 heterocycles. The van der Waals surface area contributed by atoms with E-state index in [0.29, 0.717) is 23.8 Å². The van der Waals surface area contributed by atoms with E-state index in [0.717, 1.165) is 39.1 Å². The Morgan fingerprint density at radius 1 is 1.22 bits per heavy atom. The second kappa shape index (κ2) is 6.95. The first-order chi connectivity index (χ1) is 11.2. The maximum atomic E-state index is 12.6. The Morgan fingerprint density at radius 3 is 2.70 bits per heavy atom. The molecule has 1 saturated heterocycles. The Hall–Kier alpha value is -2.15. The second-order valence-electron chi connectivity index (χ2n) is 5.67. The summed E-state index contributed by atoms with van der Waals surface area (Å²) in [7, 11) is 0. The third-order valence-electron chi connectivity index (χ3n) is 4.01. The SMILES string of the molecule is CCCN1CCN(C(=O)c2cn3nc(OCC)ccc3n2)CC1. The molecular weight excluding hydrogens is 294 g/mol. The number of fused-ring (bicyclic) bond motifs is 1. The first-order valence-electron chi connectivity index (χ1n) is 8.22. The van der Waals surface area contributed by atoms with Crippen LogP contribution in [-0.4, -0.2) is 69.6 Å². The average Bonchev–Trinajstić information content (AvgIpc) is 2.99. The number of hydrogen-bond acceptors (Lipinski definition) is 5. The molecule has 1 amide bonds. The molecule has 7 heteroatoms. The average molecular weight is 317 g/mol. The van der Waals surface area contributed by atoms with Crippen molar-refractivity contribution in [2.75, 3.05) is 39.3 Å². The van der Waals surface area contributed by atoms with E-state index in [1.807, 2.05) is 17.9 Å². The van der Waals surface area contributed by atoms with Crippen LogP contribution in [0.3, 0.4) is 0 Å². The van der Waals surface area contributed by atoms with Crippen LogP contribution in [0.5, 0.6) is 5.88 Å². The van der Waals surface area contributed by atoms with Crippen molar-refractivity contribution in [1.29, 1.82) is 0 Å². The zero-order valence-electron chi connectivity index (χ0n) is 13.7. The van der Waals surface area contributed by atoms with Crippen LogP contribution in [0.4, 0.5) is 0 Å². The fraction of sp³-hybridized carbons (Fsp3) is 0.562. The summed E-state index contributed by atoms with van der Waals surface area (Å²) in [5, 5.41) is 4.30. The second-order valence-corrected chi connectivity index (χ2v) is 5.67. The quantitative estimate of drug-likeness (QED) is 0.832. The summed E-state index contributed by atoms with van der Waals surface area (Å²) in [6.07, 6.45) is 2.83. The third-order valence-corrected chi connectivity index (χ3v) is 4.01. The number of hydrogen-bond donors (Lipinski definition) is 0. The summed E-state index contributed by atoms with van der Waals surface area (Å²) in [5.41, 5.74) is 1.09. The maximum Gasteiger partial charge on any atom is 0.274 e. The number of nitrogens with zero attached hydrogens (tertiary/aromatic N) is 5. The molecule has 0 unspecified atom stereocenters. The van der Waals surface area contributed by atoms with Gasteiger partial charge in [0, 0.05) is 32.2 Å². The van der Waals surface area contributed by atoms with Crippen molar-refractivity contribution in [3.05, 3.63) is 24.0 Å². The van der Waals surface area contributed by atoms with E-state index < -0.39 is 0 Å². The van der Waals surface area contributed by atoms with Crippen LogP contribution >= 0.6 is 0 Å². The summed E-state index contributed by atoms with van der Waals surface area (Å²) >= 11 is 0. The van der Waals surface area contributed by atoms with E-state index in [9.17, 15) is 4.79 Å². The Morgan fingerprint density at radius 2 is 2.00 bits per heavy atom. The Labute approximate surface area is 135 Å². The van der Waals surface area contributed by atoms with Gasteiger partial charge in [0.05, 0.1) is 12.8 Å². The predicted molar refractivity (Wildman–Crippen MR) is 86.8 cm³/mol. The highest BCUT2D eigenvalue weighted by molar-refractivity contribution is 5.93. The molecule has 0 saturated carbocycles.